The van der Waals surface area contributed by atoms with Gasteiger partial charge in [0.05, 0.1) is 19.8 Å². The predicted octanol–water partition coefficient (Wildman–Crippen LogP) is 3.49. The number of hydrogen-bond acceptors (Lipinski definition) is 4. The molecule has 2 aromatic carbocycles. The SMILES string of the molecule is COc1cccc(C(=O)NCC2CCCCN2Cc2ccccc2)c1OC. The van der Waals surface area contributed by atoms with E-state index in [0.717, 1.165) is 19.5 Å². The molecule has 3 rings (SSSR count). The van der Waals surface area contributed by atoms with Crippen LogP contribution in [0.15, 0.2) is 48.5 Å². The van der Waals surface area contributed by atoms with Crippen LogP contribution < -0.4 is 14.8 Å². The number of ether oxygens (including phenoxy) is 2. The van der Waals surface area contributed by atoms with E-state index in [0.29, 0.717) is 29.6 Å². The number of likely N-dealkylation sites (tertiary alicyclic amines) is 1. The lowest BCUT2D eigenvalue weighted by Crippen LogP contribution is -2.46. The molecule has 1 atom stereocenters. The highest BCUT2D eigenvalue weighted by atomic mass is 16.5. The van der Waals surface area contributed by atoms with Crippen LogP contribution in [0, 0.1) is 0 Å². The van der Waals surface area contributed by atoms with Crippen molar-refractivity contribution < 1.29 is 14.3 Å². The molecule has 0 aliphatic carbocycles. The standard InChI is InChI=1S/C22H28N2O3/c1-26-20-13-8-12-19(21(20)27-2)22(25)23-15-18-11-6-7-14-24(18)16-17-9-4-3-5-10-17/h3-5,8-10,12-13,18H,6-7,11,14-16H2,1-2H3,(H,23,25). The van der Waals surface area contributed by atoms with E-state index in [1.807, 2.05) is 6.07 Å². The number of hydrogen-bond donors (Lipinski definition) is 1. The second-order valence-electron chi connectivity index (χ2n) is 6.86. The van der Waals surface area contributed by atoms with Gasteiger partial charge in [-0.1, -0.05) is 42.8 Å². The number of carbonyl (C=O) groups excluding carboxylic acids is 1. The van der Waals surface area contributed by atoms with Gasteiger partial charge in [0.15, 0.2) is 11.5 Å². The minimum atomic E-state index is -0.129. The highest BCUT2D eigenvalue weighted by molar-refractivity contribution is 5.97. The van der Waals surface area contributed by atoms with Crippen LogP contribution >= 0.6 is 0 Å². The minimum Gasteiger partial charge on any atom is -0.493 e. The second kappa shape index (κ2) is 9.42. The Bertz CT molecular complexity index is 748. The molecule has 1 heterocycles. The number of nitrogens with zero attached hydrogens (tertiary/aromatic N) is 1. The van der Waals surface area contributed by atoms with Crippen molar-refractivity contribution in [2.45, 2.75) is 31.8 Å². The van der Waals surface area contributed by atoms with E-state index >= 15 is 0 Å². The monoisotopic (exact) mass is 368 g/mol. The highest BCUT2D eigenvalue weighted by Gasteiger charge is 2.24. The Morgan fingerprint density at radius 1 is 1.07 bits per heavy atom. The molecule has 1 aliphatic heterocycles. The summed E-state index contributed by atoms with van der Waals surface area (Å²) in [5, 5.41) is 3.09. The van der Waals surface area contributed by atoms with Crippen molar-refractivity contribution in [1.82, 2.24) is 10.2 Å². The molecule has 27 heavy (non-hydrogen) atoms. The molecule has 1 fully saturated rings. The molecule has 1 saturated heterocycles. The lowest BCUT2D eigenvalue weighted by atomic mass is 10.0. The van der Waals surface area contributed by atoms with E-state index in [2.05, 4.69) is 34.5 Å². The van der Waals surface area contributed by atoms with Gasteiger partial charge in [-0.15, -0.1) is 0 Å². The number of piperidine rings is 1. The topological polar surface area (TPSA) is 50.8 Å². The van der Waals surface area contributed by atoms with Gasteiger partial charge in [0, 0.05) is 19.1 Å². The van der Waals surface area contributed by atoms with Crippen LogP contribution in [0.3, 0.4) is 0 Å². The fourth-order valence-electron chi connectivity index (χ4n) is 3.69. The maximum atomic E-state index is 12.7. The van der Waals surface area contributed by atoms with Crippen LogP contribution in [0.25, 0.3) is 0 Å². The van der Waals surface area contributed by atoms with Crippen molar-refractivity contribution in [3.05, 3.63) is 59.7 Å². The van der Waals surface area contributed by atoms with Crippen molar-refractivity contribution in [2.24, 2.45) is 0 Å². The number of para-hydroxylation sites is 1. The van der Waals surface area contributed by atoms with Gasteiger partial charge in [-0.25, -0.2) is 0 Å². The van der Waals surface area contributed by atoms with E-state index in [1.165, 1.54) is 18.4 Å². The third kappa shape index (κ3) is 4.80. The summed E-state index contributed by atoms with van der Waals surface area (Å²) in [7, 11) is 3.13. The zero-order valence-corrected chi connectivity index (χ0v) is 16.1. The van der Waals surface area contributed by atoms with Crippen LogP contribution in [-0.2, 0) is 6.54 Å². The molecule has 0 saturated carbocycles. The van der Waals surface area contributed by atoms with Gasteiger partial charge < -0.3 is 14.8 Å². The number of nitrogens with one attached hydrogen (secondary N) is 1. The van der Waals surface area contributed by atoms with Crippen molar-refractivity contribution in [3.8, 4) is 11.5 Å². The number of methoxy groups -OCH3 is 2. The lowest BCUT2D eigenvalue weighted by Gasteiger charge is -2.36. The summed E-state index contributed by atoms with van der Waals surface area (Å²) in [6, 6.07) is 16.2. The molecule has 0 spiro atoms. The summed E-state index contributed by atoms with van der Waals surface area (Å²) in [5.74, 6) is 0.909. The van der Waals surface area contributed by atoms with Gasteiger partial charge in [0.2, 0.25) is 0 Å². The first-order valence-corrected chi connectivity index (χ1v) is 9.50. The molecule has 5 heteroatoms. The average molecular weight is 368 g/mol. The van der Waals surface area contributed by atoms with Gasteiger partial charge in [-0.3, -0.25) is 9.69 Å². The molecule has 0 bridgehead atoms. The van der Waals surface area contributed by atoms with E-state index < -0.39 is 0 Å². The number of amides is 1. The zero-order chi connectivity index (χ0) is 19.1. The van der Waals surface area contributed by atoms with Gasteiger partial charge in [-0.2, -0.15) is 0 Å². The third-order valence-corrected chi connectivity index (χ3v) is 5.12. The first-order chi connectivity index (χ1) is 13.2. The number of carbonyl (C=O) groups is 1. The summed E-state index contributed by atoms with van der Waals surface area (Å²) in [6.07, 6.45) is 3.51. The largest absolute Gasteiger partial charge is 0.493 e. The summed E-state index contributed by atoms with van der Waals surface area (Å²) in [4.78, 5) is 15.2. The van der Waals surface area contributed by atoms with Crippen LogP contribution in [-0.4, -0.2) is 44.2 Å². The summed E-state index contributed by atoms with van der Waals surface area (Å²) in [6.45, 7) is 2.62. The molecule has 1 unspecified atom stereocenters. The Kier molecular flexibility index (Phi) is 6.71. The average Bonchev–Trinajstić information content (AvgIpc) is 2.73. The van der Waals surface area contributed by atoms with Gasteiger partial charge >= 0.3 is 0 Å². The number of benzene rings is 2. The molecular formula is C22H28N2O3. The fourth-order valence-corrected chi connectivity index (χ4v) is 3.69. The summed E-state index contributed by atoms with van der Waals surface area (Å²) in [5.41, 5.74) is 1.81. The maximum absolute atomic E-state index is 12.7. The predicted molar refractivity (Wildman–Crippen MR) is 106 cm³/mol. The van der Waals surface area contributed by atoms with E-state index in [4.69, 9.17) is 9.47 Å². The highest BCUT2D eigenvalue weighted by Crippen LogP contribution is 2.30. The molecule has 0 radical (unpaired) electrons. The zero-order valence-electron chi connectivity index (χ0n) is 16.1. The quantitative estimate of drug-likeness (QED) is 0.813. The first kappa shape index (κ1) is 19.2. The normalized spacial score (nSPS) is 17.3. The molecule has 0 aromatic heterocycles. The van der Waals surface area contributed by atoms with Gasteiger partial charge in [-0.05, 0) is 37.1 Å². The molecule has 5 nitrogen and oxygen atoms in total. The van der Waals surface area contributed by atoms with Gasteiger partial charge in [0.25, 0.3) is 5.91 Å². The molecule has 1 amide bonds. The van der Waals surface area contributed by atoms with Gasteiger partial charge in [0.1, 0.15) is 0 Å². The Balaban J connectivity index is 1.65. The van der Waals surface area contributed by atoms with Crippen LogP contribution in [0.4, 0.5) is 0 Å². The molecular weight excluding hydrogens is 340 g/mol. The van der Waals surface area contributed by atoms with Crippen molar-refractivity contribution >= 4 is 5.91 Å². The van der Waals surface area contributed by atoms with E-state index in [1.54, 1.807) is 32.4 Å². The Morgan fingerprint density at radius 2 is 1.89 bits per heavy atom. The molecule has 2 aromatic rings. The van der Waals surface area contributed by atoms with E-state index in [9.17, 15) is 4.79 Å². The van der Waals surface area contributed by atoms with Crippen LogP contribution in [0.5, 0.6) is 11.5 Å². The third-order valence-electron chi connectivity index (χ3n) is 5.12. The molecule has 1 aliphatic rings. The molecule has 144 valence electrons. The second-order valence-corrected chi connectivity index (χ2v) is 6.86. The van der Waals surface area contributed by atoms with Crippen LogP contribution in [0.1, 0.15) is 35.2 Å². The van der Waals surface area contributed by atoms with Crippen LogP contribution in [0.2, 0.25) is 0 Å². The van der Waals surface area contributed by atoms with Crippen molar-refractivity contribution in [1.29, 1.82) is 0 Å². The maximum Gasteiger partial charge on any atom is 0.255 e. The smallest absolute Gasteiger partial charge is 0.255 e. The Hall–Kier alpha value is -2.53. The fraction of sp³-hybridized carbons (Fsp3) is 0.409. The Morgan fingerprint density at radius 3 is 2.63 bits per heavy atom. The van der Waals surface area contributed by atoms with Crippen molar-refractivity contribution in [2.75, 3.05) is 27.3 Å². The lowest BCUT2D eigenvalue weighted by molar-refractivity contribution is 0.0904. The molecule has 1 N–H and O–H groups in total. The van der Waals surface area contributed by atoms with Crippen molar-refractivity contribution in [3.63, 3.8) is 0 Å². The summed E-state index contributed by atoms with van der Waals surface area (Å²) >= 11 is 0. The summed E-state index contributed by atoms with van der Waals surface area (Å²) < 4.78 is 10.7. The Labute approximate surface area is 161 Å². The van der Waals surface area contributed by atoms with E-state index in [-0.39, 0.29) is 5.91 Å². The first-order valence-electron chi connectivity index (χ1n) is 9.50. The number of rotatable bonds is 7. The minimum absolute atomic E-state index is 0.129.